The quantitative estimate of drug-likeness (QED) is 0.333. The Morgan fingerprint density at radius 1 is 1.09 bits per heavy atom. The van der Waals surface area contributed by atoms with Crippen LogP contribution in [0.3, 0.4) is 0 Å². The van der Waals surface area contributed by atoms with Gasteiger partial charge in [-0.3, -0.25) is 4.79 Å². The third-order valence-corrected chi connectivity index (χ3v) is 11.0. The lowest BCUT2D eigenvalue weighted by Gasteiger charge is -2.48. The number of hydrogen-bond acceptors (Lipinski definition) is 7. The molecule has 1 saturated heterocycles. The summed E-state index contributed by atoms with van der Waals surface area (Å²) in [6, 6.07) is 12.1. The molecular formula is C30H35ClF3N5O3S. The summed E-state index contributed by atoms with van der Waals surface area (Å²) in [6.07, 6.45) is -2.12. The predicted molar refractivity (Wildman–Crippen MR) is 160 cm³/mol. The van der Waals surface area contributed by atoms with Crippen molar-refractivity contribution in [2.24, 2.45) is 0 Å². The first-order chi connectivity index (χ1) is 20.2. The lowest BCUT2D eigenvalue weighted by atomic mass is 9.78. The van der Waals surface area contributed by atoms with Crippen LogP contribution >= 0.6 is 11.6 Å². The molecule has 1 aliphatic heterocycles. The number of aromatic nitrogens is 2. The lowest BCUT2D eigenvalue weighted by molar-refractivity contribution is -0.144. The minimum absolute atomic E-state index is 0.0366. The highest BCUT2D eigenvalue weighted by Gasteiger charge is 2.50. The zero-order valence-corrected chi connectivity index (χ0v) is 25.8. The van der Waals surface area contributed by atoms with E-state index in [-0.39, 0.29) is 57.3 Å². The Labute approximate surface area is 254 Å². The van der Waals surface area contributed by atoms with E-state index >= 15 is 0 Å². The number of amides is 1. The third kappa shape index (κ3) is 6.46. The van der Waals surface area contributed by atoms with Gasteiger partial charge in [0.05, 0.1) is 21.7 Å². The van der Waals surface area contributed by atoms with Gasteiger partial charge in [-0.15, -0.1) is 0 Å². The summed E-state index contributed by atoms with van der Waals surface area (Å²) in [5.74, 6) is -2.06. The van der Waals surface area contributed by atoms with E-state index in [4.69, 9.17) is 11.6 Å². The molecule has 1 unspecified atom stereocenters. The van der Waals surface area contributed by atoms with Gasteiger partial charge in [0, 0.05) is 29.0 Å². The molecule has 2 heterocycles. The average Bonchev–Trinajstić information content (AvgIpc) is 3.33. The number of benzene rings is 2. The summed E-state index contributed by atoms with van der Waals surface area (Å²) < 4.78 is 68.3. The minimum Gasteiger partial charge on any atom is -0.358 e. The summed E-state index contributed by atoms with van der Waals surface area (Å²) >= 11 is 6.13. The lowest BCUT2D eigenvalue weighted by Crippen LogP contribution is -2.58. The Morgan fingerprint density at radius 3 is 2.40 bits per heavy atom. The fourth-order valence-corrected chi connectivity index (χ4v) is 8.38. The van der Waals surface area contributed by atoms with Crippen LogP contribution in [0.4, 0.5) is 19.0 Å². The molecule has 0 radical (unpaired) electrons. The molecule has 0 spiro atoms. The molecule has 1 N–H and O–H groups in total. The fourth-order valence-electron chi connectivity index (χ4n) is 6.31. The number of carbonyl (C=O) groups excluding carboxylic acids is 1. The average molecular weight is 638 g/mol. The van der Waals surface area contributed by atoms with Gasteiger partial charge in [-0.25, -0.2) is 18.4 Å². The van der Waals surface area contributed by atoms with Crippen molar-refractivity contribution in [3.63, 3.8) is 0 Å². The van der Waals surface area contributed by atoms with Crippen molar-refractivity contribution in [3.8, 4) is 0 Å². The maximum atomic E-state index is 14.0. The first-order valence-corrected chi connectivity index (χ1v) is 16.4. The maximum Gasteiger partial charge on any atom is 0.451 e. The molecule has 1 aliphatic carbocycles. The topological polar surface area (TPSA) is 95.5 Å². The standard InChI is InChI=1S/C30H35ClF3N5O3S/c1-19(2)38(3)21-11-14-29(15-12-21,18-43(41,42)22-7-5-4-6-8-22)39-16-13-25(27(39)40)35-26-23-17-20(31)9-10-24(23)36-28(37-26)30(32,33)34/h4-10,17,19,21,25H,11-16,18H2,1-3H3,(H,35,36,37). The van der Waals surface area contributed by atoms with E-state index in [0.717, 1.165) is 0 Å². The third-order valence-electron chi connectivity index (χ3n) is 8.84. The second kappa shape index (κ2) is 11.9. The second-order valence-corrected chi connectivity index (χ2v) is 14.2. The van der Waals surface area contributed by atoms with Crippen LogP contribution in [-0.4, -0.2) is 77.1 Å². The van der Waals surface area contributed by atoms with Gasteiger partial charge < -0.3 is 15.1 Å². The second-order valence-electron chi connectivity index (χ2n) is 11.8. The molecular weight excluding hydrogens is 603 g/mol. The number of nitrogens with zero attached hydrogens (tertiary/aromatic N) is 4. The van der Waals surface area contributed by atoms with Crippen molar-refractivity contribution in [1.29, 1.82) is 0 Å². The number of alkyl halides is 3. The van der Waals surface area contributed by atoms with Crippen LogP contribution in [0, 0.1) is 0 Å². The number of halogens is 4. The Balaban J connectivity index is 1.46. The largest absolute Gasteiger partial charge is 0.451 e. The molecule has 1 saturated carbocycles. The summed E-state index contributed by atoms with van der Waals surface area (Å²) in [5.41, 5.74) is -0.917. The molecule has 232 valence electrons. The zero-order valence-electron chi connectivity index (χ0n) is 24.2. The molecule has 3 aromatic rings. The van der Waals surface area contributed by atoms with Crippen molar-refractivity contribution < 1.29 is 26.4 Å². The van der Waals surface area contributed by atoms with Crippen LogP contribution in [0.15, 0.2) is 53.4 Å². The van der Waals surface area contributed by atoms with Crippen molar-refractivity contribution in [1.82, 2.24) is 19.8 Å². The molecule has 2 aromatic carbocycles. The number of likely N-dealkylation sites (tertiary alicyclic amines) is 1. The predicted octanol–water partition coefficient (Wildman–Crippen LogP) is 5.81. The first kappa shape index (κ1) is 31.5. The van der Waals surface area contributed by atoms with Gasteiger partial charge in [-0.05, 0) is 83.3 Å². The van der Waals surface area contributed by atoms with Crippen LogP contribution < -0.4 is 5.32 Å². The van der Waals surface area contributed by atoms with Crippen molar-refractivity contribution in [3.05, 3.63) is 59.4 Å². The molecule has 13 heteroatoms. The molecule has 5 rings (SSSR count). The molecule has 1 amide bonds. The number of fused-ring (bicyclic) bond motifs is 1. The first-order valence-electron chi connectivity index (χ1n) is 14.3. The van der Waals surface area contributed by atoms with Crippen LogP contribution in [0.2, 0.25) is 5.02 Å². The van der Waals surface area contributed by atoms with Gasteiger partial charge >= 0.3 is 6.18 Å². The van der Waals surface area contributed by atoms with Gasteiger partial charge in [-0.1, -0.05) is 29.8 Å². The molecule has 2 aliphatic rings. The number of carbonyl (C=O) groups is 1. The fraction of sp³-hybridized carbons (Fsp3) is 0.500. The number of anilines is 1. The van der Waals surface area contributed by atoms with Gasteiger partial charge in [0.2, 0.25) is 11.7 Å². The SMILES string of the molecule is CC(C)N(C)C1CCC(CS(=O)(=O)c2ccccc2)(N2CCC(Nc3nc(C(F)(F)F)nc4ccc(Cl)cc34)C2=O)CC1. The maximum absolute atomic E-state index is 14.0. The van der Waals surface area contributed by atoms with Crippen LogP contribution in [0.1, 0.15) is 51.8 Å². The molecule has 0 bridgehead atoms. The van der Waals surface area contributed by atoms with Gasteiger partial charge in [0.15, 0.2) is 9.84 Å². The summed E-state index contributed by atoms with van der Waals surface area (Å²) in [7, 11) is -1.70. The molecule has 1 atom stereocenters. The van der Waals surface area contributed by atoms with Gasteiger partial charge in [0.25, 0.3) is 0 Å². The van der Waals surface area contributed by atoms with Crippen LogP contribution in [-0.2, 0) is 20.8 Å². The molecule has 43 heavy (non-hydrogen) atoms. The van der Waals surface area contributed by atoms with E-state index in [1.165, 1.54) is 18.2 Å². The molecule has 2 fully saturated rings. The van der Waals surface area contributed by atoms with E-state index in [2.05, 4.69) is 41.1 Å². The highest BCUT2D eigenvalue weighted by Crippen LogP contribution is 2.41. The van der Waals surface area contributed by atoms with Crippen LogP contribution in [0.5, 0.6) is 0 Å². The summed E-state index contributed by atoms with van der Waals surface area (Å²) in [6.45, 7) is 4.48. The number of hydrogen-bond donors (Lipinski definition) is 1. The normalized spacial score (nSPS) is 23.5. The summed E-state index contributed by atoms with van der Waals surface area (Å²) in [5, 5.41) is 3.48. The van der Waals surface area contributed by atoms with Gasteiger partial charge in [0.1, 0.15) is 11.9 Å². The van der Waals surface area contributed by atoms with E-state index in [1.807, 2.05) is 0 Å². The van der Waals surface area contributed by atoms with E-state index in [1.54, 1.807) is 35.2 Å². The Kier molecular flexibility index (Phi) is 8.67. The highest BCUT2D eigenvalue weighted by atomic mass is 35.5. The minimum atomic E-state index is -4.80. The Hall–Kier alpha value is -2.96. The van der Waals surface area contributed by atoms with E-state index in [9.17, 15) is 26.4 Å². The van der Waals surface area contributed by atoms with Gasteiger partial charge in [-0.2, -0.15) is 13.2 Å². The van der Waals surface area contributed by atoms with E-state index in [0.29, 0.717) is 31.7 Å². The number of sulfone groups is 1. The zero-order chi connectivity index (χ0) is 31.2. The monoisotopic (exact) mass is 637 g/mol. The molecule has 8 nitrogen and oxygen atoms in total. The Morgan fingerprint density at radius 2 is 1.77 bits per heavy atom. The number of nitrogens with one attached hydrogen (secondary N) is 1. The van der Waals surface area contributed by atoms with Crippen molar-refractivity contribution in [2.45, 2.75) is 80.7 Å². The highest BCUT2D eigenvalue weighted by molar-refractivity contribution is 7.91. The molecule has 1 aromatic heterocycles. The van der Waals surface area contributed by atoms with Crippen molar-refractivity contribution >= 4 is 44.1 Å². The number of rotatable bonds is 8. The van der Waals surface area contributed by atoms with E-state index < -0.39 is 33.4 Å². The Bertz CT molecular complexity index is 1600. The summed E-state index contributed by atoms with van der Waals surface area (Å²) in [4.78, 5) is 25.5. The van der Waals surface area contributed by atoms with Crippen molar-refractivity contribution in [2.75, 3.05) is 24.7 Å². The van der Waals surface area contributed by atoms with Crippen LogP contribution in [0.25, 0.3) is 10.9 Å². The smallest absolute Gasteiger partial charge is 0.358 e.